The number of hydrogen-bond donors (Lipinski definition) is 1. The van der Waals surface area contributed by atoms with Gasteiger partial charge in [0.1, 0.15) is 12.4 Å². The van der Waals surface area contributed by atoms with Gasteiger partial charge in [-0.2, -0.15) is 0 Å². The molecule has 2 aliphatic rings. The fraction of sp³-hybridized carbons (Fsp3) is 0.611. The molecule has 1 aromatic rings. The third-order valence-corrected chi connectivity index (χ3v) is 5.10. The number of aliphatic imine (C=N–C) groups is 1. The number of aryl methyl sites for hydroxylation is 1. The van der Waals surface area contributed by atoms with E-state index in [1.54, 1.807) is 0 Å². The molecule has 23 heavy (non-hydrogen) atoms. The maximum Gasteiger partial charge on any atom is 0.193 e. The molecule has 0 radical (unpaired) electrons. The summed E-state index contributed by atoms with van der Waals surface area (Å²) in [6, 6.07) is 8.14. The lowest BCUT2D eigenvalue weighted by atomic mass is 9.68. The van der Waals surface area contributed by atoms with Crippen LogP contribution < -0.4 is 10.1 Å². The molecule has 128 valence electrons. The molecule has 4 nitrogen and oxygen atoms in total. The second-order valence-electron chi connectivity index (χ2n) is 6.61. The molecule has 1 aromatic carbocycles. The summed E-state index contributed by atoms with van der Waals surface area (Å²) >= 11 is 0. The number of guanidine groups is 1. The lowest BCUT2D eigenvalue weighted by molar-refractivity contribution is 0.151. The minimum Gasteiger partial charge on any atom is -0.491 e. The van der Waals surface area contributed by atoms with E-state index in [1.165, 1.54) is 37.8 Å². The number of hydrogen-bond acceptors (Lipinski definition) is 2. The van der Waals surface area contributed by atoms with Gasteiger partial charge in [0.2, 0.25) is 0 Å². The van der Waals surface area contributed by atoms with Crippen molar-refractivity contribution in [2.75, 3.05) is 33.3 Å². The molecule has 5 heteroatoms. The van der Waals surface area contributed by atoms with Gasteiger partial charge in [-0.15, -0.1) is 24.0 Å². The van der Waals surface area contributed by atoms with E-state index in [0.29, 0.717) is 12.0 Å². The highest BCUT2D eigenvalue weighted by molar-refractivity contribution is 14.0. The minimum absolute atomic E-state index is 0. The largest absolute Gasteiger partial charge is 0.491 e. The predicted molar refractivity (Wildman–Crippen MR) is 106 cm³/mol. The smallest absolute Gasteiger partial charge is 0.193 e. The van der Waals surface area contributed by atoms with E-state index in [9.17, 15) is 0 Å². The van der Waals surface area contributed by atoms with E-state index in [4.69, 9.17) is 4.74 Å². The van der Waals surface area contributed by atoms with Crippen LogP contribution in [-0.4, -0.2) is 44.1 Å². The number of nitrogens with zero attached hydrogens (tertiary/aromatic N) is 2. The first-order chi connectivity index (χ1) is 10.7. The van der Waals surface area contributed by atoms with Crippen molar-refractivity contribution in [3.05, 3.63) is 29.8 Å². The Balaban J connectivity index is 0.00000192. The van der Waals surface area contributed by atoms with Crippen LogP contribution in [0.25, 0.3) is 0 Å². The molecule has 0 atom stereocenters. The number of rotatable bonds is 4. The van der Waals surface area contributed by atoms with Gasteiger partial charge in [-0.3, -0.25) is 4.99 Å². The van der Waals surface area contributed by atoms with Crippen molar-refractivity contribution >= 4 is 29.9 Å². The third-order valence-electron chi connectivity index (χ3n) is 5.10. The molecule has 3 rings (SSSR count). The van der Waals surface area contributed by atoms with Gasteiger partial charge in [0.15, 0.2) is 5.96 Å². The standard InChI is InChI=1S/C18H27N3O.HI/c1-15-6-3-4-7-16(15)22-13-11-20-17(19-2)21-12-10-18(14-21)8-5-9-18;/h3-4,6-7H,5,8-14H2,1-2H3,(H,19,20);1H. The van der Waals surface area contributed by atoms with Crippen molar-refractivity contribution in [1.82, 2.24) is 10.2 Å². The van der Waals surface area contributed by atoms with Crippen LogP contribution in [0.1, 0.15) is 31.2 Å². The Labute approximate surface area is 156 Å². The zero-order chi connectivity index (χ0) is 15.4. The summed E-state index contributed by atoms with van der Waals surface area (Å²) < 4.78 is 5.83. The number of nitrogens with one attached hydrogen (secondary N) is 1. The van der Waals surface area contributed by atoms with Crippen LogP contribution in [0.15, 0.2) is 29.3 Å². The first kappa shape index (κ1) is 18.4. The zero-order valence-electron chi connectivity index (χ0n) is 14.2. The molecule has 0 unspecified atom stereocenters. The van der Waals surface area contributed by atoms with Crippen LogP contribution in [0.3, 0.4) is 0 Å². The van der Waals surface area contributed by atoms with E-state index in [-0.39, 0.29) is 24.0 Å². The molecule has 0 amide bonds. The highest BCUT2D eigenvalue weighted by Crippen LogP contribution is 2.47. The van der Waals surface area contributed by atoms with Crippen LogP contribution >= 0.6 is 24.0 Å². The molecule has 1 heterocycles. The van der Waals surface area contributed by atoms with Crippen LogP contribution in [0, 0.1) is 12.3 Å². The fourth-order valence-corrected chi connectivity index (χ4v) is 3.58. The Bertz CT molecular complexity index is 543. The molecule has 1 N–H and O–H groups in total. The maximum absolute atomic E-state index is 5.83. The summed E-state index contributed by atoms with van der Waals surface area (Å²) in [5, 5.41) is 3.44. The monoisotopic (exact) mass is 429 g/mol. The summed E-state index contributed by atoms with van der Waals surface area (Å²) in [5.74, 6) is 1.99. The maximum atomic E-state index is 5.83. The molecular weight excluding hydrogens is 401 g/mol. The fourth-order valence-electron chi connectivity index (χ4n) is 3.58. The van der Waals surface area contributed by atoms with Crippen molar-refractivity contribution in [2.45, 2.75) is 32.6 Å². The average molecular weight is 429 g/mol. The topological polar surface area (TPSA) is 36.9 Å². The predicted octanol–water partition coefficient (Wildman–Crippen LogP) is 3.44. The summed E-state index contributed by atoms with van der Waals surface area (Å²) in [4.78, 5) is 6.84. The first-order valence-electron chi connectivity index (χ1n) is 8.36. The van der Waals surface area contributed by atoms with Crippen molar-refractivity contribution in [3.8, 4) is 5.75 Å². The van der Waals surface area contributed by atoms with Crippen molar-refractivity contribution in [1.29, 1.82) is 0 Å². The molecule has 0 bridgehead atoms. The molecular formula is C18H28IN3O. The van der Waals surface area contributed by atoms with E-state index in [0.717, 1.165) is 24.8 Å². The summed E-state index contributed by atoms with van der Waals surface area (Å²) in [6.07, 6.45) is 5.53. The van der Waals surface area contributed by atoms with Crippen LogP contribution in [0.2, 0.25) is 0 Å². The Morgan fingerprint density at radius 3 is 2.70 bits per heavy atom. The van der Waals surface area contributed by atoms with Gasteiger partial charge >= 0.3 is 0 Å². The highest BCUT2D eigenvalue weighted by atomic mass is 127. The van der Waals surface area contributed by atoms with E-state index in [1.807, 2.05) is 25.2 Å². The number of para-hydroxylation sites is 1. The summed E-state index contributed by atoms with van der Waals surface area (Å²) in [5.41, 5.74) is 1.79. The molecule has 1 saturated carbocycles. The molecule has 1 saturated heterocycles. The van der Waals surface area contributed by atoms with Crippen LogP contribution in [0.5, 0.6) is 5.75 Å². The number of ether oxygens (including phenoxy) is 1. The van der Waals surface area contributed by atoms with E-state index < -0.39 is 0 Å². The number of likely N-dealkylation sites (tertiary alicyclic amines) is 1. The Kier molecular flexibility index (Phi) is 6.56. The van der Waals surface area contributed by atoms with Crippen molar-refractivity contribution < 1.29 is 4.74 Å². The normalized spacial score (nSPS) is 19.2. The van der Waals surface area contributed by atoms with Gasteiger partial charge in [0, 0.05) is 20.1 Å². The second-order valence-corrected chi connectivity index (χ2v) is 6.61. The highest BCUT2D eigenvalue weighted by Gasteiger charge is 2.43. The average Bonchev–Trinajstić information content (AvgIpc) is 2.95. The van der Waals surface area contributed by atoms with Crippen LogP contribution in [-0.2, 0) is 0 Å². The number of halogens is 1. The van der Waals surface area contributed by atoms with Crippen LogP contribution in [0.4, 0.5) is 0 Å². The summed E-state index contributed by atoms with van der Waals surface area (Å²) in [6.45, 7) is 5.82. The minimum atomic E-state index is 0. The lowest BCUT2D eigenvalue weighted by Gasteiger charge is -2.38. The SMILES string of the molecule is CN=C(NCCOc1ccccc1C)N1CCC2(CCC2)C1.I. The zero-order valence-corrected chi connectivity index (χ0v) is 16.5. The van der Waals surface area contributed by atoms with Crippen molar-refractivity contribution in [2.24, 2.45) is 10.4 Å². The quantitative estimate of drug-likeness (QED) is 0.345. The van der Waals surface area contributed by atoms with Crippen molar-refractivity contribution in [3.63, 3.8) is 0 Å². The number of benzene rings is 1. The molecule has 1 spiro atoms. The lowest BCUT2D eigenvalue weighted by Crippen LogP contribution is -2.43. The van der Waals surface area contributed by atoms with E-state index >= 15 is 0 Å². The van der Waals surface area contributed by atoms with E-state index in [2.05, 4.69) is 28.2 Å². The molecule has 1 aliphatic heterocycles. The molecule has 2 fully saturated rings. The Morgan fingerprint density at radius 2 is 2.09 bits per heavy atom. The van der Waals surface area contributed by atoms with Gasteiger partial charge in [-0.1, -0.05) is 24.6 Å². The van der Waals surface area contributed by atoms with Gasteiger partial charge in [0.05, 0.1) is 6.54 Å². The molecule has 0 aromatic heterocycles. The molecule has 1 aliphatic carbocycles. The van der Waals surface area contributed by atoms with Gasteiger partial charge in [0.25, 0.3) is 0 Å². The van der Waals surface area contributed by atoms with Gasteiger partial charge < -0.3 is 15.0 Å². The first-order valence-corrected chi connectivity index (χ1v) is 8.36. The Morgan fingerprint density at radius 1 is 1.30 bits per heavy atom. The third kappa shape index (κ3) is 4.31. The Hall–Kier alpha value is -0.980. The summed E-state index contributed by atoms with van der Waals surface area (Å²) in [7, 11) is 1.87. The second kappa shape index (κ2) is 8.22. The van der Waals surface area contributed by atoms with Gasteiger partial charge in [-0.25, -0.2) is 0 Å². The van der Waals surface area contributed by atoms with Gasteiger partial charge in [-0.05, 0) is 43.2 Å².